The fraction of sp³-hybridized carbons (Fsp3) is 0.240. The number of allylic oxidation sites excluding steroid dienone is 2. The minimum Gasteiger partial charge on any atom is -0.493 e. The summed E-state index contributed by atoms with van der Waals surface area (Å²) < 4.78 is 12.2. The second-order valence-electron chi connectivity index (χ2n) is 8.11. The van der Waals surface area contributed by atoms with Gasteiger partial charge in [0, 0.05) is 30.5 Å². The van der Waals surface area contributed by atoms with Crippen molar-refractivity contribution in [3.63, 3.8) is 0 Å². The highest BCUT2D eigenvalue weighted by Gasteiger charge is 2.39. The molecule has 5 rings (SSSR count). The van der Waals surface area contributed by atoms with Crippen LogP contribution in [0.15, 0.2) is 64.6 Å². The molecule has 2 heterocycles. The Labute approximate surface area is 189 Å². The van der Waals surface area contributed by atoms with Crippen LogP contribution in [0, 0.1) is 0 Å². The first-order valence-electron chi connectivity index (χ1n) is 10.8. The van der Waals surface area contributed by atoms with Gasteiger partial charge in [-0.2, -0.15) is 0 Å². The number of aromatic nitrogens is 2. The number of Topliss-reactive ketones (excluding diaryl/α,β-unsaturated/α-hetero) is 1. The number of rotatable bonds is 4. The fourth-order valence-electron chi connectivity index (χ4n) is 4.63. The van der Waals surface area contributed by atoms with Gasteiger partial charge in [-0.15, -0.1) is 0 Å². The number of methoxy groups -OCH3 is 1. The van der Waals surface area contributed by atoms with Gasteiger partial charge in [0.15, 0.2) is 17.3 Å². The summed E-state index contributed by atoms with van der Waals surface area (Å²) in [6.07, 6.45) is 1.91. The molecule has 8 heteroatoms. The van der Waals surface area contributed by atoms with Crippen LogP contribution in [-0.2, 0) is 9.59 Å². The van der Waals surface area contributed by atoms with E-state index < -0.39 is 11.9 Å². The van der Waals surface area contributed by atoms with Crippen molar-refractivity contribution in [1.29, 1.82) is 0 Å². The number of hydrogen-bond donors (Lipinski definition) is 2. The molecule has 1 aliphatic heterocycles. The van der Waals surface area contributed by atoms with Crippen LogP contribution in [0.3, 0.4) is 0 Å². The van der Waals surface area contributed by atoms with E-state index in [1.165, 1.54) is 18.7 Å². The van der Waals surface area contributed by atoms with Gasteiger partial charge in [0.1, 0.15) is 5.82 Å². The zero-order valence-corrected chi connectivity index (χ0v) is 18.3. The Morgan fingerprint density at radius 1 is 1.06 bits per heavy atom. The number of para-hydroxylation sites is 1. The lowest BCUT2D eigenvalue weighted by Crippen LogP contribution is -2.29. The molecule has 168 valence electrons. The molecule has 0 bridgehead atoms. The van der Waals surface area contributed by atoms with E-state index in [-0.39, 0.29) is 17.1 Å². The summed E-state index contributed by atoms with van der Waals surface area (Å²) in [6, 6.07) is 14.4. The molecule has 0 saturated carbocycles. The first kappa shape index (κ1) is 20.8. The standard InChI is InChI=1S/C25H23N3O5/c1-14(29)33-19-12-11-15(13-20(19)32-2)21-22-17(9-6-10-18(22)30)26-24-23(21)25(31)28(27-24)16-7-4-3-5-8-16/h3-5,7-8,11-13,21,26-27H,6,9-10H2,1-2H3/t21-/m1/s1. The lowest BCUT2D eigenvalue weighted by Gasteiger charge is -2.31. The van der Waals surface area contributed by atoms with Gasteiger partial charge in [-0.1, -0.05) is 24.3 Å². The summed E-state index contributed by atoms with van der Waals surface area (Å²) >= 11 is 0. The van der Waals surface area contributed by atoms with Gasteiger partial charge in [-0.3, -0.25) is 19.5 Å². The minimum atomic E-state index is -0.571. The topological polar surface area (TPSA) is 102 Å². The number of nitrogens with one attached hydrogen (secondary N) is 2. The van der Waals surface area contributed by atoms with Crippen LogP contribution in [0.5, 0.6) is 11.5 Å². The molecule has 0 unspecified atom stereocenters. The number of carbonyl (C=O) groups excluding carboxylic acids is 2. The number of nitrogens with zero attached hydrogens (tertiary/aromatic N) is 1. The number of hydrogen-bond acceptors (Lipinski definition) is 6. The van der Waals surface area contributed by atoms with Crippen LogP contribution < -0.4 is 20.3 Å². The molecule has 3 aromatic rings. The average molecular weight is 445 g/mol. The maximum absolute atomic E-state index is 13.6. The summed E-state index contributed by atoms with van der Waals surface area (Å²) in [5.41, 5.74) is 3.08. The number of H-pyrrole nitrogens is 1. The van der Waals surface area contributed by atoms with Gasteiger partial charge < -0.3 is 14.8 Å². The van der Waals surface area contributed by atoms with Crippen molar-refractivity contribution >= 4 is 17.6 Å². The van der Waals surface area contributed by atoms with Crippen LogP contribution in [0.1, 0.15) is 43.2 Å². The molecule has 1 atom stereocenters. The molecule has 2 N–H and O–H groups in total. The Kier molecular flexibility index (Phi) is 5.12. The van der Waals surface area contributed by atoms with E-state index in [1.807, 2.05) is 30.3 Å². The molecule has 1 aromatic heterocycles. The number of fused-ring (bicyclic) bond motifs is 1. The Bertz CT molecular complexity index is 1350. The predicted octanol–water partition coefficient (Wildman–Crippen LogP) is 3.66. The van der Waals surface area contributed by atoms with Gasteiger partial charge in [-0.05, 0) is 42.7 Å². The molecule has 0 saturated heterocycles. The van der Waals surface area contributed by atoms with Crippen molar-refractivity contribution in [2.24, 2.45) is 0 Å². The normalized spacial score (nSPS) is 17.2. The third-order valence-electron chi connectivity index (χ3n) is 6.02. The van der Waals surface area contributed by atoms with E-state index in [2.05, 4.69) is 10.4 Å². The molecule has 33 heavy (non-hydrogen) atoms. The second kappa shape index (κ2) is 8.12. The third kappa shape index (κ3) is 3.53. The highest BCUT2D eigenvalue weighted by Crippen LogP contribution is 2.45. The number of aromatic amines is 1. The molecule has 2 aliphatic rings. The van der Waals surface area contributed by atoms with E-state index in [4.69, 9.17) is 9.47 Å². The summed E-state index contributed by atoms with van der Waals surface area (Å²) in [5.74, 6) is 0.196. The Balaban J connectivity index is 1.71. The summed E-state index contributed by atoms with van der Waals surface area (Å²) in [5, 5.41) is 6.49. The van der Waals surface area contributed by atoms with Crippen LogP contribution in [0.2, 0.25) is 0 Å². The van der Waals surface area contributed by atoms with Crippen molar-refractivity contribution in [2.45, 2.75) is 32.1 Å². The number of carbonyl (C=O) groups is 2. The van der Waals surface area contributed by atoms with Gasteiger partial charge in [0.05, 0.1) is 18.4 Å². The van der Waals surface area contributed by atoms with Crippen LogP contribution in [0.4, 0.5) is 5.82 Å². The van der Waals surface area contributed by atoms with Gasteiger partial charge in [-0.25, -0.2) is 4.68 Å². The predicted molar refractivity (Wildman–Crippen MR) is 122 cm³/mol. The molecule has 2 aromatic carbocycles. The average Bonchev–Trinajstić information content (AvgIpc) is 3.14. The molecule has 0 fully saturated rings. The first-order valence-corrected chi connectivity index (χ1v) is 10.8. The van der Waals surface area contributed by atoms with Crippen molar-refractivity contribution in [2.75, 3.05) is 12.4 Å². The van der Waals surface area contributed by atoms with Crippen molar-refractivity contribution in [1.82, 2.24) is 9.78 Å². The number of ketones is 1. The third-order valence-corrected chi connectivity index (χ3v) is 6.02. The fourth-order valence-corrected chi connectivity index (χ4v) is 4.63. The SMILES string of the molecule is COc1cc([C@@H]2C3=C(CCCC3=O)Nc3[nH]n(-c4ccccc4)c(=O)c32)ccc1OC(C)=O. The van der Waals surface area contributed by atoms with Gasteiger partial charge in [0.2, 0.25) is 0 Å². The Morgan fingerprint density at radius 2 is 1.85 bits per heavy atom. The number of ether oxygens (including phenoxy) is 2. The highest BCUT2D eigenvalue weighted by molar-refractivity contribution is 6.01. The monoisotopic (exact) mass is 445 g/mol. The second-order valence-corrected chi connectivity index (χ2v) is 8.11. The van der Waals surface area contributed by atoms with Crippen molar-refractivity contribution in [3.05, 3.63) is 81.3 Å². The molecule has 1 aliphatic carbocycles. The Morgan fingerprint density at radius 3 is 2.58 bits per heavy atom. The molecule has 8 nitrogen and oxygen atoms in total. The lowest BCUT2D eigenvalue weighted by atomic mass is 9.77. The van der Waals surface area contributed by atoms with Gasteiger partial charge in [0.25, 0.3) is 5.56 Å². The maximum atomic E-state index is 13.6. The van der Waals surface area contributed by atoms with E-state index in [1.54, 1.807) is 18.2 Å². The van der Waals surface area contributed by atoms with E-state index in [9.17, 15) is 14.4 Å². The number of benzene rings is 2. The number of anilines is 1. The summed E-state index contributed by atoms with van der Waals surface area (Å²) in [7, 11) is 1.48. The van der Waals surface area contributed by atoms with Crippen molar-refractivity contribution in [3.8, 4) is 17.2 Å². The number of esters is 1. The maximum Gasteiger partial charge on any atom is 0.308 e. The molecular weight excluding hydrogens is 422 g/mol. The summed E-state index contributed by atoms with van der Waals surface area (Å²) in [6.45, 7) is 1.32. The van der Waals surface area contributed by atoms with Crippen LogP contribution >= 0.6 is 0 Å². The summed E-state index contributed by atoms with van der Waals surface area (Å²) in [4.78, 5) is 38.1. The molecule has 0 spiro atoms. The zero-order chi connectivity index (χ0) is 23.1. The smallest absolute Gasteiger partial charge is 0.308 e. The lowest BCUT2D eigenvalue weighted by molar-refractivity contribution is -0.132. The molecular formula is C25H23N3O5. The largest absolute Gasteiger partial charge is 0.493 e. The van der Waals surface area contributed by atoms with Crippen LogP contribution in [-0.4, -0.2) is 28.6 Å². The molecule has 0 amide bonds. The van der Waals surface area contributed by atoms with Gasteiger partial charge >= 0.3 is 5.97 Å². The first-order chi connectivity index (χ1) is 16.0. The van der Waals surface area contributed by atoms with Crippen LogP contribution in [0.25, 0.3) is 5.69 Å². The highest BCUT2D eigenvalue weighted by atomic mass is 16.6. The van der Waals surface area contributed by atoms with E-state index in [0.717, 1.165) is 18.5 Å². The van der Waals surface area contributed by atoms with Crippen molar-refractivity contribution < 1.29 is 19.1 Å². The van der Waals surface area contributed by atoms with E-state index in [0.29, 0.717) is 40.4 Å². The Hall–Kier alpha value is -4.07. The molecule has 0 radical (unpaired) electrons. The minimum absolute atomic E-state index is 0.0225. The zero-order valence-electron chi connectivity index (χ0n) is 18.3. The van der Waals surface area contributed by atoms with E-state index >= 15 is 0 Å². The quantitative estimate of drug-likeness (QED) is 0.469.